The van der Waals surface area contributed by atoms with Crippen LogP contribution in [0.15, 0.2) is 18.2 Å². The van der Waals surface area contributed by atoms with Gasteiger partial charge in [0.2, 0.25) is 0 Å². The van der Waals surface area contributed by atoms with E-state index in [1.165, 1.54) is 25.7 Å². The van der Waals surface area contributed by atoms with Gasteiger partial charge in [-0.15, -0.1) is 0 Å². The second kappa shape index (κ2) is 5.83. The molecule has 0 saturated heterocycles. The molecule has 0 radical (unpaired) electrons. The number of benzene rings is 1. The number of methoxy groups -OCH3 is 1. The van der Waals surface area contributed by atoms with E-state index in [1.54, 1.807) is 13.2 Å². The molecular formula is C16H25NO2. The molecule has 1 aromatic carbocycles. The highest BCUT2D eigenvalue weighted by Gasteiger charge is 2.34. The molecular weight excluding hydrogens is 238 g/mol. The van der Waals surface area contributed by atoms with Gasteiger partial charge in [0, 0.05) is 24.2 Å². The molecule has 3 nitrogen and oxygen atoms in total. The maximum Gasteiger partial charge on any atom is 0.124 e. The molecule has 0 amide bonds. The summed E-state index contributed by atoms with van der Waals surface area (Å²) < 4.78 is 5.11. The Bertz CT molecular complexity index is 421. The van der Waals surface area contributed by atoms with Crippen molar-refractivity contribution in [3.05, 3.63) is 23.8 Å². The highest BCUT2D eigenvalue weighted by atomic mass is 16.5. The smallest absolute Gasteiger partial charge is 0.124 e. The predicted molar refractivity (Wildman–Crippen MR) is 77.7 cm³/mol. The number of phenolic OH excluding ortho intramolecular Hbond substituents is 1. The first-order valence-corrected chi connectivity index (χ1v) is 7.20. The molecule has 0 heterocycles. The largest absolute Gasteiger partial charge is 0.507 e. The van der Waals surface area contributed by atoms with Crippen LogP contribution in [0.1, 0.15) is 51.1 Å². The molecule has 1 atom stereocenters. The molecule has 1 fully saturated rings. The van der Waals surface area contributed by atoms with E-state index in [0.29, 0.717) is 16.9 Å². The van der Waals surface area contributed by atoms with E-state index in [1.807, 2.05) is 12.1 Å². The van der Waals surface area contributed by atoms with Crippen LogP contribution in [0.3, 0.4) is 0 Å². The van der Waals surface area contributed by atoms with Crippen LogP contribution in [-0.2, 0) is 0 Å². The summed E-state index contributed by atoms with van der Waals surface area (Å²) in [6.07, 6.45) is 5.26. The van der Waals surface area contributed by atoms with Crippen LogP contribution in [-0.4, -0.2) is 18.8 Å². The van der Waals surface area contributed by atoms with Gasteiger partial charge in [-0.1, -0.05) is 19.4 Å². The predicted octanol–water partition coefficient (Wildman–Crippen LogP) is 3.63. The van der Waals surface area contributed by atoms with Crippen LogP contribution in [0, 0.1) is 5.41 Å². The molecule has 2 rings (SSSR count). The molecule has 19 heavy (non-hydrogen) atoms. The first-order valence-electron chi connectivity index (χ1n) is 7.20. The first kappa shape index (κ1) is 14.2. The Labute approximate surface area is 116 Å². The average Bonchev–Trinajstić information content (AvgIpc) is 2.37. The molecule has 1 unspecified atom stereocenters. The summed E-state index contributed by atoms with van der Waals surface area (Å²) in [4.78, 5) is 0. The van der Waals surface area contributed by atoms with Gasteiger partial charge < -0.3 is 15.2 Å². The number of phenols is 1. The number of ether oxygens (including phenoxy) is 1. The van der Waals surface area contributed by atoms with Crippen LogP contribution in [0.25, 0.3) is 0 Å². The zero-order chi connectivity index (χ0) is 13.9. The van der Waals surface area contributed by atoms with Crippen LogP contribution in [0.2, 0.25) is 0 Å². The van der Waals surface area contributed by atoms with E-state index in [2.05, 4.69) is 19.2 Å². The summed E-state index contributed by atoms with van der Waals surface area (Å²) in [7, 11) is 1.61. The van der Waals surface area contributed by atoms with Crippen LogP contribution in [0.4, 0.5) is 0 Å². The minimum Gasteiger partial charge on any atom is -0.507 e. The molecule has 0 aromatic heterocycles. The lowest BCUT2D eigenvalue weighted by atomic mass is 9.67. The maximum atomic E-state index is 10.0. The molecule has 0 aliphatic heterocycles. The molecule has 1 aliphatic rings. The van der Waals surface area contributed by atoms with Gasteiger partial charge in [0.25, 0.3) is 0 Å². The van der Waals surface area contributed by atoms with Crippen molar-refractivity contribution in [3.63, 3.8) is 0 Å². The summed E-state index contributed by atoms with van der Waals surface area (Å²) in [6.45, 7) is 5.41. The Morgan fingerprint density at radius 3 is 2.63 bits per heavy atom. The quantitative estimate of drug-likeness (QED) is 0.823. The van der Waals surface area contributed by atoms with E-state index in [-0.39, 0.29) is 6.04 Å². The fraction of sp³-hybridized carbons (Fsp3) is 0.625. The Hall–Kier alpha value is -1.22. The second-order valence-corrected chi connectivity index (χ2v) is 5.73. The van der Waals surface area contributed by atoms with Gasteiger partial charge >= 0.3 is 0 Å². The molecule has 1 aliphatic carbocycles. The second-order valence-electron chi connectivity index (χ2n) is 5.73. The minimum atomic E-state index is 0.162. The Balaban J connectivity index is 1.97. The third-order valence-corrected chi connectivity index (χ3v) is 4.65. The van der Waals surface area contributed by atoms with E-state index in [9.17, 15) is 5.11 Å². The van der Waals surface area contributed by atoms with Crippen molar-refractivity contribution in [2.45, 2.75) is 45.6 Å². The lowest BCUT2D eigenvalue weighted by Crippen LogP contribution is -2.40. The topological polar surface area (TPSA) is 41.5 Å². The zero-order valence-corrected chi connectivity index (χ0v) is 12.2. The Morgan fingerprint density at radius 2 is 2.16 bits per heavy atom. The number of nitrogens with one attached hydrogen (secondary N) is 1. The summed E-state index contributed by atoms with van der Waals surface area (Å²) in [6, 6.07) is 5.67. The lowest BCUT2D eigenvalue weighted by Gasteiger charge is -2.42. The van der Waals surface area contributed by atoms with Crippen LogP contribution < -0.4 is 10.1 Å². The van der Waals surface area contributed by atoms with E-state index >= 15 is 0 Å². The van der Waals surface area contributed by atoms with Crippen molar-refractivity contribution >= 4 is 0 Å². The highest BCUT2D eigenvalue weighted by molar-refractivity contribution is 5.41. The van der Waals surface area contributed by atoms with Gasteiger partial charge in [-0.25, -0.2) is 0 Å². The summed E-state index contributed by atoms with van der Waals surface area (Å²) in [5.41, 5.74) is 1.43. The van der Waals surface area contributed by atoms with Gasteiger partial charge in [-0.3, -0.25) is 0 Å². The minimum absolute atomic E-state index is 0.162. The van der Waals surface area contributed by atoms with Gasteiger partial charge in [-0.05, 0) is 37.7 Å². The number of aromatic hydroxyl groups is 1. The third-order valence-electron chi connectivity index (χ3n) is 4.65. The lowest BCUT2D eigenvalue weighted by molar-refractivity contribution is 0.120. The Kier molecular flexibility index (Phi) is 4.35. The summed E-state index contributed by atoms with van der Waals surface area (Å²) in [5, 5.41) is 13.6. The number of hydrogen-bond acceptors (Lipinski definition) is 3. The van der Waals surface area contributed by atoms with Crippen molar-refractivity contribution in [3.8, 4) is 11.5 Å². The number of rotatable bonds is 6. The standard InChI is InChI=1S/C16H25NO2/c1-4-16(8-5-9-16)11-17-12(2)14-7-6-13(19-3)10-15(14)18/h6-7,10,12,17-18H,4-5,8-9,11H2,1-3H3. The van der Waals surface area contributed by atoms with E-state index < -0.39 is 0 Å². The fourth-order valence-electron chi connectivity index (χ4n) is 2.83. The molecule has 0 spiro atoms. The molecule has 2 N–H and O–H groups in total. The van der Waals surface area contributed by atoms with Crippen LogP contribution >= 0.6 is 0 Å². The monoisotopic (exact) mass is 263 g/mol. The Morgan fingerprint density at radius 1 is 1.42 bits per heavy atom. The van der Waals surface area contributed by atoms with Gasteiger partial charge in [0.1, 0.15) is 11.5 Å². The van der Waals surface area contributed by atoms with Gasteiger partial charge in [-0.2, -0.15) is 0 Å². The molecule has 0 bridgehead atoms. The van der Waals surface area contributed by atoms with Gasteiger partial charge in [0.15, 0.2) is 0 Å². The van der Waals surface area contributed by atoms with Crippen LogP contribution in [0.5, 0.6) is 11.5 Å². The SMILES string of the molecule is CCC1(CNC(C)c2ccc(OC)cc2O)CCC1. The van der Waals surface area contributed by atoms with Crippen molar-refractivity contribution < 1.29 is 9.84 Å². The molecule has 1 saturated carbocycles. The van der Waals surface area contributed by atoms with E-state index in [4.69, 9.17) is 4.74 Å². The van der Waals surface area contributed by atoms with Crippen molar-refractivity contribution in [2.75, 3.05) is 13.7 Å². The summed E-state index contributed by atoms with van der Waals surface area (Å²) in [5.74, 6) is 0.996. The van der Waals surface area contributed by atoms with Crippen molar-refractivity contribution in [1.29, 1.82) is 0 Å². The summed E-state index contributed by atoms with van der Waals surface area (Å²) >= 11 is 0. The normalized spacial score (nSPS) is 18.7. The van der Waals surface area contributed by atoms with Crippen molar-refractivity contribution in [1.82, 2.24) is 5.32 Å². The van der Waals surface area contributed by atoms with Crippen molar-refractivity contribution in [2.24, 2.45) is 5.41 Å². The molecule has 106 valence electrons. The first-order chi connectivity index (χ1) is 9.10. The highest BCUT2D eigenvalue weighted by Crippen LogP contribution is 2.43. The molecule has 3 heteroatoms. The zero-order valence-electron chi connectivity index (χ0n) is 12.2. The van der Waals surface area contributed by atoms with E-state index in [0.717, 1.165) is 12.1 Å². The average molecular weight is 263 g/mol. The number of hydrogen-bond donors (Lipinski definition) is 2. The fourth-order valence-corrected chi connectivity index (χ4v) is 2.83. The maximum absolute atomic E-state index is 10.0. The molecule has 1 aromatic rings. The van der Waals surface area contributed by atoms with Gasteiger partial charge in [0.05, 0.1) is 7.11 Å². The third kappa shape index (κ3) is 3.03.